The fourth-order valence-corrected chi connectivity index (χ4v) is 3.04. The number of nitro groups is 1. The summed E-state index contributed by atoms with van der Waals surface area (Å²) in [5.41, 5.74) is -1.18. The first-order valence-electron chi connectivity index (χ1n) is 7.78. The van der Waals surface area contributed by atoms with Crippen LogP contribution in [0.4, 0.5) is 5.69 Å². The van der Waals surface area contributed by atoms with Crippen molar-refractivity contribution in [2.24, 2.45) is 0 Å². The van der Waals surface area contributed by atoms with Crippen LogP contribution >= 0.6 is 0 Å². The van der Waals surface area contributed by atoms with Gasteiger partial charge in [0.25, 0.3) is 11.6 Å². The molecule has 1 heterocycles. The van der Waals surface area contributed by atoms with Gasteiger partial charge in [0, 0.05) is 12.3 Å². The van der Waals surface area contributed by atoms with Crippen molar-refractivity contribution in [3.63, 3.8) is 0 Å². The number of carbonyl (C=O) groups is 2. The Hall–Kier alpha value is -3.23. The molecule has 1 aromatic heterocycles. The molecule has 3 rings (SSSR count). The summed E-state index contributed by atoms with van der Waals surface area (Å²) in [4.78, 5) is 34.5. The summed E-state index contributed by atoms with van der Waals surface area (Å²) in [6.07, 6.45) is 3.64. The Morgan fingerprint density at radius 3 is 2.56 bits per heavy atom. The van der Waals surface area contributed by atoms with Gasteiger partial charge in [0.1, 0.15) is 11.2 Å². The Morgan fingerprint density at radius 2 is 1.92 bits per heavy atom. The molecule has 1 amide bonds. The van der Waals surface area contributed by atoms with E-state index in [1.165, 1.54) is 35.1 Å². The average molecular weight is 344 g/mol. The third-order valence-corrected chi connectivity index (χ3v) is 4.37. The molecule has 0 atom stereocenters. The molecule has 0 saturated heterocycles. The number of hydrogen-bond acceptors (Lipinski definition) is 5. The van der Waals surface area contributed by atoms with Crippen LogP contribution in [0.25, 0.3) is 5.69 Å². The van der Waals surface area contributed by atoms with Gasteiger partial charge in [-0.3, -0.25) is 14.9 Å². The Kier molecular flexibility index (Phi) is 4.22. The number of carbonyl (C=O) groups excluding carboxylic acids is 1. The lowest BCUT2D eigenvalue weighted by molar-refractivity contribution is -0.384. The smallest absolute Gasteiger partial charge is 0.329 e. The Labute approximate surface area is 142 Å². The van der Waals surface area contributed by atoms with Gasteiger partial charge in [-0.1, -0.05) is 25.0 Å². The second kappa shape index (κ2) is 6.34. The molecular formula is C16H16N4O5. The molecule has 25 heavy (non-hydrogen) atoms. The number of hydrogen-bond donors (Lipinski definition) is 2. The number of carboxylic acid groups (broad SMARTS) is 1. The number of amides is 1. The predicted octanol–water partition coefficient (Wildman–Crippen LogP) is 1.91. The van der Waals surface area contributed by atoms with Gasteiger partial charge in [0.05, 0.1) is 4.92 Å². The number of benzene rings is 1. The van der Waals surface area contributed by atoms with Crippen LogP contribution in [-0.2, 0) is 4.79 Å². The summed E-state index contributed by atoms with van der Waals surface area (Å²) in [6, 6.07) is 7.42. The van der Waals surface area contributed by atoms with Crippen LogP contribution in [0.3, 0.4) is 0 Å². The highest BCUT2D eigenvalue weighted by molar-refractivity contribution is 5.96. The lowest BCUT2D eigenvalue weighted by atomic mass is 9.97. The first kappa shape index (κ1) is 16.6. The van der Waals surface area contributed by atoms with E-state index in [2.05, 4.69) is 10.4 Å². The fourth-order valence-electron chi connectivity index (χ4n) is 3.04. The molecular weight excluding hydrogens is 328 g/mol. The number of aliphatic carboxylic acids is 1. The number of aromatic nitrogens is 2. The predicted molar refractivity (Wildman–Crippen MR) is 86.5 cm³/mol. The highest BCUT2D eigenvalue weighted by atomic mass is 16.6. The number of para-hydroxylation sites is 2. The zero-order chi connectivity index (χ0) is 18.0. The number of rotatable bonds is 5. The SMILES string of the molecule is O=C(NC1(C(=O)O)CCCC1)c1ccn(-c2ccccc2[N+](=O)[O-])n1. The van der Waals surface area contributed by atoms with Gasteiger partial charge in [-0.15, -0.1) is 0 Å². The lowest BCUT2D eigenvalue weighted by Gasteiger charge is -2.24. The summed E-state index contributed by atoms with van der Waals surface area (Å²) in [5, 5.41) is 27.2. The second-order valence-electron chi connectivity index (χ2n) is 5.94. The Balaban J connectivity index is 1.86. The third-order valence-electron chi connectivity index (χ3n) is 4.37. The van der Waals surface area contributed by atoms with Gasteiger partial charge < -0.3 is 10.4 Å². The molecule has 130 valence electrons. The van der Waals surface area contributed by atoms with E-state index in [4.69, 9.17) is 0 Å². The first-order valence-corrected chi connectivity index (χ1v) is 7.78. The minimum Gasteiger partial charge on any atom is -0.480 e. The number of nitrogens with one attached hydrogen (secondary N) is 1. The van der Waals surface area contributed by atoms with Crippen LogP contribution < -0.4 is 5.32 Å². The van der Waals surface area contributed by atoms with Crippen molar-refractivity contribution in [1.29, 1.82) is 0 Å². The normalized spacial score (nSPS) is 15.7. The molecule has 2 N–H and O–H groups in total. The number of nitrogens with zero attached hydrogens (tertiary/aromatic N) is 3. The van der Waals surface area contributed by atoms with Gasteiger partial charge in [-0.05, 0) is 25.0 Å². The molecule has 9 nitrogen and oxygen atoms in total. The van der Waals surface area contributed by atoms with Gasteiger partial charge >= 0.3 is 5.97 Å². The molecule has 0 radical (unpaired) electrons. The molecule has 0 unspecified atom stereocenters. The molecule has 1 fully saturated rings. The van der Waals surface area contributed by atoms with Gasteiger partial charge in [0.15, 0.2) is 5.69 Å². The maximum Gasteiger partial charge on any atom is 0.329 e. The van der Waals surface area contributed by atoms with Gasteiger partial charge in [-0.25, -0.2) is 9.48 Å². The van der Waals surface area contributed by atoms with E-state index in [1.54, 1.807) is 6.07 Å². The molecule has 1 aromatic carbocycles. The molecule has 1 aliphatic rings. The van der Waals surface area contributed by atoms with Crippen molar-refractivity contribution in [3.05, 3.63) is 52.3 Å². The van der Waals surface area contributed by atoms with Crippen LogP contribution in [-0.4, -0.2) is 37.2 Å². The van der Waals surface area contributed by atoms with E-state index in [1.807, 2.05) is 0 Å². The Morgan fingerprint density at radius 1 is 1.24 bits per heavy atom. The lowest BCUT2D eigenvalue weighted by Crippen LogP contribution is -2.52. The van der Waals surface area contributed by atoms with Crippen LogP contribution in [0.15, 0.2) is 36.5 Å². The Bertz CT molecular complexity index is 839. The minimum absolute atomic E-state index is 0.00526. The van der Waals surface area contributed by atoms with Crippen LogP contribution in [0.2, 0.25) is 0 Å². The van der Waals surface area contributed by atoms with E-state index in [-0.39, 0.29) is 17.1 Å². The number of nitro benzene ring substituents is 1. The fraction of sp³-hybridized carbons (Fsp3) is 0.312. The molecule has 0 spiro atoms. The number of carboxylic acids is 1. The van der Waals surface area contributed by atoms with E-state index < -0.39 is 22.3 Å². The standard InChI is InChI=1S/C16H16N4O5/c21-14(17-16(15(22)23)8-3-4-9-16)11-7-10-19(18-11)12-5-1-2-6-13(12)20(24)25/h1-2,5-7,10H,3-4,8-9H2,(H,17,21)(H,22,23). The molecule has 0 bridgehead atoms. The zero-order valence-corrected chi connectivity index (χ0v) is 13.2. The second-order valence-corrected chi connectivity index (χ2v) is 5.94. The average Bonchev–Trinajstić information content (AvgIpc) is 3.25. The molecule has 1 aliphatic carbocycles. The van der Waals surface area contributed by atoms with Crippen molar-refractivity contribution >= 4 is 17.6 Å². The topological polar surface area (TPSA) is 127 Å². The molecule has 1 saturated carbocycles. The van der Waals surface area contributed by atoms with Crippen LogP contribution in [0.1, 0.15) is 36.2 Å². The van der Waals surface area contributed by atoms with Crippen LogP contribution in [0, 0.1) is 10.1 Å². The minimum atomic E-state index is -1.26. The maximum absolute atomic E-state index is 12.4. The summed E-state index contributed by atoms with van der Waals surface area (Å²) in [6.45, 7) is 0. The van der Waals surface area contributed by atoms with E-state index in [9.17, 15) is 24.8 Å². The highest BCUT2D eigenvalue weighted by Crippen LogP contribution is 2.30. The van der Waals surface area contributed by atoms with Crippen molar-refractivity contribution in [1.82, 2.24) is 15.1 Å². The molecule has 0 aliphatic heterocycles. The van der Waals surface area contributed by atoms with E-state index in [0.717, 1.165) is 12.8 Å². The third kappa shape index (κ3) is 3.08. The summed E-state index contributed by atoms with van der Waals surface area (Å²) >= 11 is 0. The van der Waals surface area contributed by atoms with Crippen LogP contribution in [0.5, 0.6) is 0 Å². The summed E-state index contributed by atoms with van der Waals surface area (Å²) in [7, 11) is 0. The van der Waals surface area contributed by atoms with E-state index in [0.29, 0.717) is 12.8 Å². The first-order chi connectivity index (χ1) is 11.9. The quantitative estimate of drug-likeness (QED) is 0.630. The maximum atomic E-state index is 12.4. The molecule has 2 aromatic rings. The summed E-state index contributed by atoms with van der Waals surface area (Å²) in [5.74, 6) is -1.67. The monoisotopic (exact) mass is 344 g/mol. The van der Waals surface area contributed by atoms with Crippen molar-refractivity contribution in [3.8, 4) is 5.69 Å². The van der Waals surface area contributed by atoms with Gasteiger partial charge in [-0.2, -0.15) is 5.10 Å². The largest absolute Gasteiger partial charge is 0.480 e. The van der Waals surface area contributed by atoms with Crippen molar-refractivity contribution in [2.75, 3.05) is 0 Å². The highest BCUT2D eigenvalue weighted by Gasteiger charge is 2.43. The van der Waals surface area contributed by atoms with Crippen molar-refractivity contribution < 1.29 is 19.6 Å². The molecule has 9 heteroatoms. The summed E-state index contributed by atoms with van der Waals surface area (Å²) < 4.78 is 1.23. The zero-order valence-electron chi connectivity index (χ0n) is 13.2. The van der Waals surface area contributed by atoms with E-state index >= 15 is 0 Å². The van der Waals surface area contributed by atoms with Gasteiger partial charge in [0.2, 0.25) is 0 Å². The van der Waals surface area contributed by atoms with Crippen molar-refractivity contribution in [2.45, 2.75) is 31.2 Å².